The highest BCUT2D eigenvalue weighted by atomic mass is 19.4. The van der Waals surface area contributed by atoms with Gasteiger partial charge >= 0.3 is 6.18 Å². The molecule has 0 aromatic heterocycles. The first kappa shape index (κ1) is 15.4. The van der Waals surface area contributed by atoms with Gasteiger partial charge in [-0.1, -0.05) is 26.0 Å². The van der Waals surface area contributed by atoms with E-state index in [1.807, 2.05) is 13.8 Å². The number of phenols is 1. The summed E-state index contributed by atoms with van der Waals surface area (Å²) in [5, 5.41) is 12.8. The molecule has 2 nitrogen and oxygen atoms in total. The van der Waals surface area contributed by atoms with E-state index in [2.05, 4.69) is 5.32 Å². The van der Waals surface area contributed by atoms with Crippen LogP contribution in [0.25, 0.3) is 6.08 Å². The minimum Gasteiger partial charge on any atom is -0.506 e. The van der Waals surface area contributed by atoms with Crippen LogP contribution < -0.4 is 5.32 Å². The quantitative estimate of drug-likeness (QED) is 0.791. The van der Waals surface area contributed by atoms with E-state index in [0.717, 1.165) is 12.1 Å². The number of hydrogen-bond donors (Lipinski definition) is 2. The summed E-state index contributed by atoms with van der Waals surface area (Å²) in [6.07, 6.45) is -1.29. The van der Waals surface area contributed by atoms with Crippen LogP contribution in [0.5, 0.6) is 5.75 Å². The fourth-order valence-corrected chi connectivity index (χ4v) is 1.62. The predicted octanol–water partition coefficient (Wildman–Crippen LogP) is 4.51. The second-order valence-electron chi connectivity index (χ2n) is 4.73. The average molecular weight is 273 g/mol. The number of aromatic hydroxyl groups is 1. The van der Waals surface area contributed by atoms with Gasteiger partial charge in [0.05, 0.1) is 11.3 Å². The summed E-state index contributed by atoms with van der Waals surface area (Å²) >= 11 is 0. The van der Waals surface area contributed by atoms with Crippen LogP contribution in [0.2, 0.25) is 0 Å². The molecular weight excluding hydrogens is 255 g/mol. The maximum Gasteiger partial charge on any atom is 0.416 e. The molecule has 0 heterocycles. The molecule has 0 radical (unpaired) electrons. The lowest BCUT2D eigenvalue weighted by Gasteiger charge is -2.16. The number of hydrogen-bond acceptors (Lipinski definition) is 2. The Morgan fingerprint density at radius 1 is 1.32 bits per heavy atom. The maximum atomic E-state index is 12.7. The fraction of sp³-hybridized carbons (Fsp3) is 0.429. The lowest BCUT2D eigenvalue weighted by molar-refractivity contribution is -0.137. The van der Waals surface area contributed by atoms with Crippen LogP contribution in [0.3, 0.4) is 0 Å². The zero-order valence-electron chi connectivity index (χ0n) is 11.2. The second kappa shape index (κ2) is 5.99. The van der Waals surface area contributed by atoms with Gasteiger partial charge in [0, 0.05) is 12.1 Å². The summed E-state index contributed by atoms with van der Waals surface area (Å²) in [6.45, 7) is 6.24. The largest absolute Gasteiger partial charge is 0.506 e. The van der Waals surface area contributed by atoms with Gasteiger partial charge in [-0.05, 0) is 25.0 Å². The molecule has 0 unspecified atom stereocenters. The van der Waals surface area contributed by atoms with Crippen LogP contribution >= 0.6 is 0 Å². The van der Waals surface area contributed by atoms with E-state index in [-0.39, 0.29) is 5.75 Å². The molecule has 0 spiro atoms. The van der Waals surface area contributed by atoms with Gasteiger partial charge in [-0.3, -0.25) is 0 Å². The summed E-state index contributed by atoms with van der Waals surface area (Å²) in [6, 6.07) is 1.78. The molecule has 0 aliphatic carbocycles. The molecular formula is C14H18F3NO. The van der Waals surface area contributed by atoms with Crippen molar-refractivity contribution < 1.29 is 18.3 Å². The molecule has 0 saturated heterocycles. The van der Waals surface area contributed by atoms with Gasteiger partial charge in [0.2, 0.25) is 0 Å². The minimum absolute atomic E-state index is 0.320. The molecule has 0 aliphatic rings. The third-order valence-corrected chi connectivity index (χ3v) is 2.51. The number of halogens is 3. The van der Waals surface area contributed by atoms with Crippen LogP contribution in [-0.4, -0.2) is 11.7 Å². The third kappa shape index (κ3) is 4.19. The van der Waals surface area contributed by atoms with Crippen molar-refractivity contribution >= 4 is 11.8 Å². The maximum absolute atomic E-state index is 12.7. The molecule has 0 fully saturated rings. The molecule has 1 aromatic rings. The molecule has 106 valence electrons. The Morgan fingerprint density at radius 3 is 2.42 bits per heavy atom. The zero-order chi connectivity index (χ0) is 14.6. The molecule has 0 amide bonds. The van der Waals surface area contributed by atoms with Crippen LogP contribution in [0.1, 0.15) is 31.9 Å². The smallest absolute Gasteiger partial charge is 0.416 e. The summed E-state index contributed by atoms with van der Waals surface area (Å²) in [7, 11) is 0. The Hall–Kier alpha value is -1.65. The third-order valence-electron chi connectivity index (χ3n) is 2.51. The number of benzene rings is 1. The lowest BCUT2D eigenvalue weighted by atomic mass is 10.1. The van der Waals surface area contributed by atoms with Gasteiger partial charge in [-0.2, -0.15) is 13.2 Å². The highest BCUT2D eigenvalue weighted by molar-refractivity contribution is 5.73. The Kier molecular flexibility index (Phi) is 4.86. The highest BCUT2D eigenvalue weighted by Crippen LogP contribution is 2.37. The van der Waals surface area contributed by atoms with E-state index < -0.39 is 11.7 Å². The molecule has 2 N–H and O–H groups in total. The van der Waals surface area contributed by atoms with Crippen LogP contribution in [0.15, 0.2) is 18.2 Å². The Bertz CT molecular complexity index is 464. The molecule has 0 bridgehead atoms. The topological polar surface area (TPSA) is 32.3 Å². The van der Waals surface area contributed by atoms with Crippen molar-refractivity contribution in [3.8, 4) is 5.75 Å². The average Bonchev–Trinajstić information content (AvgIpc) is 2.26. The normalized spacial score (nSPS) is 12.4. The molecule has 0 saturated carbocycles. The van der Waals surface area contributed by atoms with Gasteiger partial charge < -0.3 is 10.4 Å². The summed E-state index contributed by atoms with van der Waals surface area (Å²) in [4.78, 5) is 0. The van der Waals surface area contributed by atoms with Gasteiger partial charge in [0.25, 0.3) is 0 Å². The lowest BCUT2D eigenvalue weighted by Crippen LogP contribution is -2.11. The van der Waals surface area contributed by atoms with Crippen LogP contribution in [0.4, 0.5) is 18.9 Å². The van der Waals surface area contributed by atoms with E-state index in [4.69, 9.17) is 0 Å². The van der Waals surface area contributed by atoms with Gasteiger partial charge in [0.1, 0.15) is 5.75 Å². The van der Waals surface area contributed by atoms with Gasteiger partial charge in [-0.15, -0.1) is 0 Å². The monoisotopic (exact) mass is 273 g/mol. The number of alkyl halides is 3. The standard InChI is InChI=1S/C14H18F3NO/c1-4-5-10-6-11(14(15,16)17)7-12(19)13(10)18-8-9(2)3/h4-7,9,18-19H,8H2,1-3H3/b5-4-. The molecule has 0 atom stereocenters. The van der Waals surface area contributed by atoms with Crippen LogP contribution in [0, 0.1) is 5.92 Å². The number of allylic oxidation sites excluding steroid dienone is 1. The van der Waals surface area contributed by atoms with Crippen molar-refractivity contribution in [2.45, 2.75) is 26.9 Å². The SMILES string of the molecule is C/C=C\c1cc(C(F)(F)F)cc(O)c1NCC(C)C. The predicted molar refractivity (Wildman–Crippen MR) is 71.1 cm³/mol. The highest BCUT2D eigenvalue weighted by Gasteiger charge is 2.32. The van der Waals surface area contributed by atoms with Crippen molar-refractivity contribution in [2.24, 2.45) is 5.92 Å². The first-order valence-corrected chi connectivity index (χ1v) is 6.06. The van der Waals surface area contributed by atoms with Gasteiger partial charge in [0.15, 0.2) is 0 Å². The first-order valence-electron chi connectivity index (χ1n) is 6.06. The van der Waals surface area contributed by atoms with Crippen molar-refractivity contribution in [2.75, 3.05) is 11.9 Å². The number of rotatable bonds is 4. The van der Waals surface area contributed by atoms with E-state index in [1.165, 1.54) is 6.08 Å². The van der Waals surface area contributed by atoms with Crippen LogP contribution in [-0.2, 0) is 6.18 Å². The summed E-state index contributed by atoms with van der Waals surface area (Å²) < 4.78 is 38.0. The molecule has 0 aliphatic heterocycles. The van der Waals surface area contributed by atoms with Crippen molar-refractivity contribution in [1.29, 1.82) is 0 Å². The zero-order valence-corrected chi connectivity index (χ0v) is 11.2. The first-order chi connectivity index (χ1) is 8.75. The Morgan fingerprint density at radius 2 is 1.95 bits per heavy atom. The Balaban J connectivity index is 3.23. The Labute approximate surface area is 111 Å². The second-order valence-corrected chi connectivity index (χ2v) is 4.73. The summed E-state index contributed by atoms with van der Waals surface area (Å²) in [5.74, 6) is -0.0660. The van der Waals surface area contributed by atoms with E-state index >= 15 is 0 Å². The number of anilines is 1. The molecule has 19 heavy (non-hydrogen) atoms. The van der Waals surface area contributed by atoms with E-state index in [9.17, 15) is 18.3 Å². The van der Waals surface area contributed by atoms with Crippen molar-refractivity contribution in [3.05, 3.63) is 29.3 Å². The number of phenolic OH excluding ortho intramolecular Hbond substituents is 1. The fourth-order valence-electron chi connectivity index (χ4n) is 1.62. The van der Waals surface area contributed by atoms with Crippen molar-refractivity contribution in [1.82, 2.24) is 0 Å². The molecule has 1 aromatic carbocycles. The van der Waals surface area contributed by atoms with Crippen molar-refractivity contribution in [3.63, 3.8) is 0 Å². The van der Waals surface area contributed by atoms with E-state index in [0.29, 0.717) is 23.7 Å². The molecule has 5 heteroatoms. The number of nitrogens with one attached hydrogen (secondary N) is 1. The summed E-state index contributed by atoms with van der Waals surface area (Å²) in [5.41, 5.74) is -0.191. The minimum atomic E-state index is -4.47. The molecule has 1 rings (SSSR count). The van der Waals surface area contributed by atoms with Gasteiger partial charge in [-0.25, -0.2) is 0 Å². The van der Waals surface area contributed by atoms with E-state index in [1.54, 1.807) is 13.0 Å².